The molecule has 0 saturated heterocycles. The summed E-state index contributed by atoms with van der Waals surface area (Å²) >= 11 is 0. The zero-order valence-electron chi connectivity index (χ0n) is 12.2. The van der Waals surface area contributed by atoms with Crippen LogP contribution in [0.2, 0.25) is 0 Å². The second kappa shape index (κ2) is 5.77. The zero-order chi connectivity index (χ0) is 13.1. The maximum atomic E-state index is 5.88. The molecule has 1 aromatic carbocycles. The van der Waals surface area contributed by atoms with Crippen molar-refractivity contribution < 1.29 is 4.74 Å². The first-order valence-corrected chi connectivity index (χ1v) is 7.34. The highest BCUT2D eigenvalue weighted by Crippen LogP contribution is 2.33. The number of hydrogen-bond donors (Lipinski definition) is 0. The molecule has 100 valence electrons. The van der Waals surface area contributed by atoms with Gasteiger partial charge in [0, 0.05) is 0 Å². The van der Waals surface area contributed by atoms with Gasteiger partial charge >= 0.3 is 0 Å². The van der Waals surface area contributed by atoms with E-state index in [1.807, 2.05) is 0 Å². The van der Waals surface area contributed by atoms with Crippen LogP contribution in [0.1, 0.15) is 69.9 Å². The van der Waals surface area contributed by atoms with E-state index in [1.54, 1.807) is 0 Å². The molecule has 1 saturated carbocycles. The fraction of sp³-hybridized carbons (Fsp3) is 0.647. The van der Waals surface area contributed by atoms with Crippen molar-refractivity contribution >= 4 is 0 Å². The molecule has 0 spiro atoms. The average Bonchev–Trinajstić information content (AvgIpc) is 3.12. The Balaban J connectivity index is 2.04. The summed E-state index contributed by atoms with van der Waals surface area (Å²) in [5, 5.41) is 0. The van der Waals surface area contributed by atoms with Crippen LogP contribution in [0, 0.1) is 5.92 Å². The Kier molecular flexibility index (Phi) is 4.31. The van der Waals surface area contributed by atoms with Crippen molar-refractivity contribution in [3.8, 4) is 5.75 Å². The molecule has 1 nitrogen and oxygen atoms in total. The Morgan fingerprint density at radius 2 is 1.72 bits per heavy atom. The molecule has 0 amide bonds. The third kappa shape index (κ3) is 3.51. The lowest BCUT2D eigenvalue weighted by Gasteiger charge is -2.17. The first kappa shape index (κ1) is 13.5. The monoisotopic (exact) mass is 246 g/mol. The molecule has 0 aliphatic heterocycles. The van der Waals surface area contributed by atoms with Gasteiger partial charge in [-0.15, -0.1) is 0 Å². The topological polar surface area (TPSA) is 9.23 Å². The first-order valence-electron chi connectivity index (χ1n) is 7.34. The Morgan fingerprint density at radius 3 is 2.28 bits per heavy atom. The van der Waals surface area contributed by atoms with Gasteiger partial charge in [-0.25, -0.2) is 0 Å². The second-order valence-electron chi connectivity index (χ2n) is 6.18. The van der Waals surface area contributed by atoms with Crippen LogP contribution in [-0.2, 0) is 0 Å². The van der Waals surface area contributed by atoms with Crippen LogP contribution in [0.25, 0.3) is 0 Å². The van der Waals surface area contributed by atoms with Gasteiger partial charge in [0.15, 0.2) is 0 Å². The van der Waals surface area contributed by atoms with Crippen LogP contribution < -0.4 is 4.74 Å². The van der Waals surface area contributed by atoms with Crippen LogP contribution in [0.3, 0.4) is 0 Å². The smallest absolute Gasteiger partial charge is 0.119 e. The van der Waals surface area contributed by atoms with Crippen molar-refractivity contribution in [1.29, 1.82) is 0 Å². The molecule has 0 aromatic heterocycles. The van der Waals surface area contributed by atoms with Crippen LogP contribution >= 0.6 is 0 Å². The SMILES string of the molecule is CC(C)c1ccc(OCCC2CC2)cc1C(C)C. The summed E-state index contributed by atoms with van der Waals surface area (Å²) in [6.45, 7) is 9.91. The summed E-state index contributed by atoms with van der Waals surface area (Å²) in [7, 11) is 0. The molecule has 0 heterocycles. The highest BCUT2D eigenvalue weighted by Gasteiger charge is 2.20. The summed E-state index contributed by atoms with van der Waals surface area (Å²) in [5.41, 5.74) is 2.90. The third-order valence-corrected chi connectivity index (χ3v) is 3.79. The molecule has 1 fully saturated rings. The minimum atomic E-state index is 0.564. The average molecular weight is 246 g/mol. The molecule has 1 heteroatoms. The summed E-state index contributed by atoms with van der Waals surface area (Å²) in [6, 6.07) is 6.62. The number of hydrogen-bond acceptors (Lipinski definition) is 1. The molecule has 1 aliphatic rings. The van der Waals surface area contributed by atoms with E-state index in [0.29, 0.717) is 11.8 Å². The summed E-state index contributed by atoms with van der Waals surface area (Å²) in [6.07, 6.45) is 4.04. The van der Waals surface area contributed by atoms with Crippen LogP contribution in [0.5, 0.6) is 5.75 Å². The lowest BCUT2D eigenvalue weighted by molar-refractivity contribution is 0.302. The van der Waals surface area contributed by atoms with Gasteiger partial charge in [0.1, 0.15) is 5.75 Å². The molecular formula is C17H26O. The van der Waals surface area contributed by atoms with Gasteiger partial charge < -0.3 is 4.74 Å². The summed E-state index contributed by atoms with van der Waals surface area (Å²) in [5.74, 6) is 3.14. The predicted molar refractivity (Wildman–Crippen MR) is 77.5 cm³/mol. The molecule has 0 radical (unpaired) electrons. The van der Waals surface area contributed by atoms with Crippen molar-refractivity contribution in [2.45, 2.75) is 58.8 Å². The van der Waals surface area contributed by atoms with Gasteiger partial charge in [0.05, 0.1) is 6.61 Å². The molecular weight excluding hydrogens is 220 g/mol. The van der Waals surface area contributed by atoms with Crippen molar-refractivity contribution in [2.24, 2.45) is 5.92 Å². The standard InChI is InChI=1S/C17H26O/c1-12(2)16-8-7-15(11-17(16)13(3)4)18-10-9-14-5-6-14/h7-8,11-14H,5-6,9-10H2,1-4H3. The maximum Gasteiger partial charge on any atom is 0.119 e. The quantitative estimate of drug-likeness (QED) is 0.677. The van der Waals surface area contributed by atoms with E-state index in [4.69, 9.17) is 4.74 Å². The highest BCUT2D eigenvalue weighted by molar-refractivity contribution is 5.39. The van der Waals surface area contributed by atoms with E-state index >= 15 is 0 Å². The van der Waals surface area contributed by atoms with Crippen molar-refractivity contribution in [3.63, 3.8) is 0 Å². The van der Waals surface area contributed by atoms with Crippen molar-refractivity contribution in [1.82, 2.24) is 0 Å². The largest absolute Gasteiger partial charge is 0.494 e. The van der Waals surface area contributed by atoms with Crippen LogP contribution in [0.4, 0.5) is 0 Å². The molecule has 0 atom stereocenters. The van der Waals surface area contributed by atoms with Crippen LogP contribution in [0.15, 0.2) is 18.2 Å². The van der Waals surface area contributed by atoms with E-state index in [2.05, 4.69) is 45.9 Å². The van der Waals surface area contributed by atoms with E-state index in [1.165, 1.54) is 30.4 Å². The fourth-order valence-corrected chi connectivity index (χ4v) is 2.42. The van der Waals surface area contributed by atoms with Gasteiger partial charge in [-0.2, -0.15) is 0 Å². The van der Waals surface area contributed by atoms with Gasteiger partial charge in [-0.05, 0) is 47.4 Å². The molecule has 0 bridgehead atoms. The van der Waals surface area contributed by atoms with Crippen molar-refractivity contribution in [2.75, 3.05) is 6.61 Å². The van der Waals surface area contributed by atoms with E-state index in [0.717, 1.165) is 18.3 Å². The third-order valence-electron chi connectivity index (χ3n) is 3.79. The van der Waals surface area contributed by atoms with E-state index in [9.17, 15) is 0 Å². The molecule has 1 aromatic rings. The normalized spacial score (nSPS) is 15.4. The van der Waals surface area contributed by atoms with Gasteiger partial charge in [-0.3, -0.25) is 0 Å². The number of benzene rings is 1. The highest BCUT2D eigenvalue weighted by atomic mass is 16.5. The molecule has 0 unspecified atom stereocenters. The molecule has 2 rings (SSSR count). The molecule has 0 N–H and O–H groups in total. The molecule has 1 aliphatic carbocycles. The lowest BCUT2D eigenvalue weighted by atomic mass is 9.90. The summed E-state index contributed by atoms with van der Waals surface area (Å²) in [4.78, 5) is 0. The Bertz CT molecular complexity index is 389. The van der Waals surface area contributed by atoms with Gasteiger partial charge in [-0.1, -0.05) is 46.6 Å². The van der Waals surface area contributed by atoms with Gasteiger partial charge in [0.25, 0.3) is 0 Å². The minimum absolute atomic E-state index is 0.564. The van der Waals surface area contributed by atoms with Crippen LogP contribution in [-0.4, -0.2) is 6.61 Å². The number of ether oxygens (including phenoxy) is 1. The minimum Gasteiger partial charge on any atom is -0.494 e. The van der Waals surface area contributed by atoms with E-state index < -0.39 is 0 Å². The molecule has 18 heavy (non-hydrogen) atoms. The predicted octanol–water partition coefficient (Wildman–Crippen LogP) is 5.11. The Labute approximate surface area is 112 Å². The Hall–Kier alpha value is -0.980. The lowest BCUT2D eigenvalue weighted by Crippen LogP contribution is -2.02. The fourth-order valence-electron chi connectivity index (χ4n) is 2.42. The maximum absolute atomic E-state index is 5.88. The Morgan fingerprint density at radius 1 is 1.06 bits per heavy atom. The van der Waals surface area contributed by atoms with Gasteiger partial charge in [0.2, 0.25) is 0 Å². The number of rotatable bonds is 6. The van der Waals surface area contributed by atoms with E-state index in [-0.39, 0.29) is 0 Å². The zero-order valence-corrected chi connectivity index (χ0v) is 12.2. The summed E-state index contributed by atoms with van der Waals surface area (Å²) < 4.78 is 5.88. The van der Waals surface area contributed by atoms with Crippen molar-refractivity contribution in [3.05, 3.63) is 29.3 Å². The first-order chi connectivity index (χ1) is 8.58. The second-order valence-corrected chi connectivity index (χ2v) is 6.18.